The average molecular weight is 410 g/mol. The van der Waals surface area contributed by atoms with E-state index >= 15 is 0 Å². The van der Waals surface area contributed by atoms with Crippen molar-refractivity contribution in [1.82, 2.24) is 0 Å². The summed E-state index contributed by atoms with van der Waals surface area (Å²) in [5.74, 6) is -0.938. The fourth-order valence-corrected chi connectivity index (χ4v) is 5.27. The molecule has 0 aliphatic carbocycles. The Bertz CT molecular complexity index is 964. The molecule has 2 amide bonds. The van der Waals surface area contributed by atoms with Crippen LogP contribution in [0.3, 0.4) is 0 Å². The first kappa shape index (κ1) is 19.5. The summed E-state index contributed by atoms with van der Waals surface area (Å²) in [5, 5.41) is 0. The van der Waals surface area contributed by atoms with E-state index in [2.05, 4.69) is 0 Å². The van der Waals surface area contributed by atoms with Crippen molar-refractivity contribution >= 4 is 40.9 Å². The number of amides is 2. The summed E-state index contributed by atoms with van der Waals surface area (Å²) in [6, 6.07) is 16.7. The third-order valence-electron chi connectivity index (χ3n) is 5.27. The van der Waals surface area contributed by atoms with Gasteiger partial charge in [-0.1, -0.05) is 42.1 Å². The highest BCUT2D eigenvalue weighted by atomic mass is 32.2. The van der Waals surface area contributed by atoms with Gasteiger partial charge in [0, 0.05) is 30.0 Å². The number of nitrogens with zero attached hydrogens (tertiary/aromatic N) is 2. The molecule has 2 atom stereocenters. The van der Waals surface area contributed by atoms with Gasteiger partial charge in [0.25, 0.3) is 5.91 Å². The largest absolute Gasteiger partial charge is 0.450 e. The van der Waals surface area contributed by atoms with E-state index in [1.54, 1.807) is 16.7 Å². The molecule has 7 heteroatoms. The van der Waals surface area contributed by atoms with E-state index in [9.17, 15) is 14.4 Å². The second kappa shape index (κ2) is 7.55. The molecule has 0 unspecified atom stereocenters. The van der Waals surface area contributed by atoms with Crippen LogP contribution in [0.4, 0.5) is 11.4 Å². The fraction of sp³-hybridized carbons (Fsp3) is 0.318. The molecule has 1 saturated heterocycles. The number of fused-ring (bicyclic) bond motifs is 3. The molecule has 29 heavy (non-hydrogen) atoms. The molecule has 1 fully saturated rings. The van der Waals surface area contributed by atoms with Gasteiger partial charge < -0.3 is 9.64 Å². The van der Waals surface area contributed by atoms with E-state index in [0.717, 1.165) is 16.3 Å². The topological polar surface area (TPSA) is 66.9 Å². The molecule has 2 aliphatic heterocycles. The van der Waals surface area contributed by atoms with Crippen LogP contribution < -0.4 is 9.80 Å². The van der Waals surface area contributed by atoms with Gasteiger partial charge in [0.15, 0.2) is 11.0 Å². The standard InChI is InChI=1S/C22H22N2O4S/c1-3-23(16-9-5-4-6-10-16)20(26)15(2)28-21(27)22-14-13-19(25)24(22)17-11-7-8-12-18(17)29-22/h4-12,15H,3,13-14H2,1-2H3/t15-,22-/m0/s1. The maximum Gasteiger partial charge on any atom is 0.344 e. The SMILES string of the molecule is CCN(C(=O)[C@H](C)OC(=O)[C@@]12CCC(=O)N1c1ccccc1S2)c1ccccc1. The lowest BCUT2D eigenvalue weighted by Gasteiger charge is -2.31. The molecule has 2 aromatic carbocycles. The highest BCUT2D eigenvalue weighted by molar-refractivity contribution is 8.02. The van der Waals surface area contributed by atoms with Crippen molar-refractivity contribution in [3.05, 3.63) is 54.6 Å². The fourth-order valence-electron chi connectivity index (χ4n) is 3.87. The number of anilines is 2. The zero-order valence-electron chi connectivity index (χ0n) is 16.3. The highest BCUT2D eigenvalue weighted by Crippen LogP contribution is 2.56. The molecule has 0 N–H and O–H groups in total. The minimum absolute atomic E-state index is 0.0992. The third kappa shape index (κ3) is 3.19. The average Bonchev–Trinajstić information content (AvgIpc) is 3.25. The van der Waals surface area contributed by atoms with E-state index in [1.165, 1.54) is 11.8 Å². The van der Waals surface area contributed by atoms with Gasteiger partial charge in [-0.15, -0.1) is 0 Å². The Kier molecular flexibility index (Phi) is 5.08. The summed E-state index contributed by atoms with van der Waals surface area (Å²) < 4.78 is 5.64. The van der Waals surface area contributed by atoms with Crippen LogP contribution >= 0.6 is 11.8 Å². The molecular formula is C22H22N2O4S. The van der Waals surface area contributed by atoms with Gasteiger partial charge in [-0.3, -0.25) is 14.5 Å². The van der Waals surface area contributed by atoms with Crippen LogP contribution in [0.15, 0.2) is 59.5 Å². The lowest BCUT2D eigenvalue weighted by atomic mass is 10.2. The Balaban J connectivity index is 1.55. The van der Waals surface area contributed by atoms with Crippen molar-refractivity contribution in [3.8, 4) is 0 Å². The lowest BCUT2D eigenvalue weighted by Crippen LogP contribution is -2.50. The number of esters is 1. The van der Waals surface area contributed by atoms with Crippen LogP contribution in [0.5, 0.6) is 0 Å². The van der Waals surface area contributed by atoms with E-state index in [0.29, 0.717) is 13.0 Å². The lowest BCUT2D eigenvalue weighted by molar-refractivity contribution is -0.156. The summed E-state index contributed by atoms with van der Waals surface area (Å²) in [6.45, 7) is 3.91. The molecule has 6 nitrogen and oxygen atoms in total. The van der Waals surface area contributed by atoms with E-state index in [1.807, 2.05) is 61.5 Å². The maximum atomic E-state index is 13.2. The van der Waals surface area contributed by atoms with Crippen molar-refractivity contribution in [2.24, 2.45) is 0 Å². The van der Waals surface area contributed by atoms with Crippen LogP contribution in [0.25, 0.3) is 0 Å². The Labute approximate surface area is 173 Å². The smallest absolute Gasteiger partial charge is 0.344 e. The Morgan fingerprint density at radius 2 is 1.86 bits per heavy atom. The predicted molar refractivity (Wildman–Crippen MR) is 112 cm³/mol. The minimum Gasteiger partial charge on any atom is -0.450 e. The Hall–Kier alpha value is -2.80. The van der Waals surface area contributed by atoms with E-state index in [-0.39, 0.29) is 18.2 Å². The highest BCUT2D eigenvalue weighted by Gasteiger charge is 2.59. The number of benzene rings is 2. The predicted octanol–water partition coefficient (Wildman–Crippen LogP) is 3.60. The second-order valence-corrected chi connectivity index (χ2v) is 8.37. The van der Waals surface area contributed by atoms with Gasteiger partial charge in [-0.25, -0.2) is 4.79 Å². The van der Waals surface area contributed by atoms with Crippen LogP contribution in [0.2, 0.25) is 0 Å². The monoisotopic (exact) mass is 410 g/mol. The van der Waals surface area contributed by atoms with Gasteiger partial charge >= 0.3 is 5.97 Å². The number of likely N-dealkylation sites (N-methyl/N-ethyl adjacent to an activating group) is 1. The second-order valence-electron chi connectivity index (χ2n) is 7.05. The van der Waals surface area contributed by atoms with Gasteiger partial charge in [0.2, 0.25) is 5.91 Å². The number of para-hydroxylation sites is 2. The number of thioether (sulfide) groups is 1. The molecule has 2 aromatic rings. The molecule has 150 valence electrons. The molecule has 0 aromatic heterocycles. The van der Waals surface area contributed by atoms with Crippen molar-refractivity contribution in [2.45, 2.75) is 42.6 Å². The van der Waals surface area contributed by atoms with E-state index in [4.69, 9.17) is 4.74 Å². The number of hydrogen-bond donors (Lipinski definition) is 0. The Morgan fingerprint density at radius 1 is 1.17 bits per heavy atom. The van der Waals surface area contributed by atoms with Crippen LogP contribution in [-0.2, 0) is 19.1 Å². The molecule has 0 saturated carbocycles. The zero-order valence-corrected chi connectivity index (χ0v) is 17.1. The number of hydrogen-bond acceptors (Lipinski definition) is 5. The molecule has 0 bridgehead atoms. The molecule has 0 radical (unpaired) electrons. The number of carbonyl (C=O) groups excluding carboxylic acids is 3. The summed E-state index contributed by atoms with van der Waals surface area (Å²) in [7, 11) is 0. The van der Waals surface area contributed by atoms with Crippen molar-refractivity contribution in [2.75, 3.05) is 16.3 Å². The van der Waals surface area contributed by atoms with Crippen LogP contribution in [-0.4, -0.2) is 35.3 Å². The molecule has 4 rings (SSSR count). The first-order valence-corrected chi connectivity index (χ1v) is 10.5. The number of rotatable bonds is 5. The van der Waals surface area contributed by atoms with Crippen LogP contribution in [0.1, 0.15) is 26.7 Å². The summed E-state index contributed by atoms with van der Waals surface area (Å²) in [4.78, 5) is 41.6. The Morgan fingerprint density at radius 3 is 2.59 bits per heavy atom. The first-order valence-electron chi connectivity index (χ1n) is 9.66. The van der Waals surface area contributed by atoms with Crippen molar-refractivity contribution in [3.63, 3.8) is 0 Å². The number of ether oxygens (including phenoxy) is 1. The quantitative estimate of drug-likeness (QED) is 0.705. The zero-order chi connectivity index (χ0) is 20.6. The summed E-state index contributed by atoms with van der Waals surface area (Å²) in [6.07, 6.45) is -0.316. The van der Waals surface area contributed by atoms with Crippen LogP contribution in [0, 0.1) is 0 Å². The van der Waals surface area contributed by atoms with Gasteiger partial charge in [0.1, 0.15) is 0 Å². The van der Waals surface area contributed by atoms with Gasteiger partial charge in [-0.2, -0.15) is 0 Å². The summed E-state index contributed by atoms with van der Waals surface area (Å²) >= 11 is 1.34. The number of carbonyl (C=O) groups is 3. The first-order chi connectivity index (χ1) is 14.0. The van der Waals surface area contributed by atoms with Gasteiger partial charge in [0.05, 0.1) is 5.69 Å². The van der Waals surface area contributed by atoms with Gasteiger partial charge in [-0.05, 0) is 38.1 Å². The molecule has 2 heterocycles. The third-order valence-corrected chi connectivity index (χ3v) is 6.73. The normalized spacial score (nSPS) is 20.8. The molecule has 0 spiro atoms. The van der Waals surface area contributed by atoms with Crippen molar-refractivity contribution < 1.29 is 19.1 Å². The summed E-state index contributed by atoms with van der Waals surface area (Å²) in [5.41, 5.74) is 1.48. The molecular weight excluding hydrogens is 388 g/mol. The van der Waals surface area contributed by atoms with E-state index < -0.39 is 16.9 Å². The van der Waals surface area contributed by atoms with Crippen molar-refractivity contribution in [1.29, 1.82) is 0 Å². The maximum absolute atomic E-state index is 13.2. The minimum atomic E-state index is -1.13. The molecule has 2 aliphatic rings.